The van der Waals surface area contributed by atoms with Crippen molar-refractivity contribution in [2.75, 3.05) is 0 Å². The molecule has 0 aliphatic heterocycles. The van der Waals surface area contributed by atoms with E-state index in [-0.39, 0.29) is 5.41 Å². The fraction of sp³-hybridized carbons (Fsp3) is 0.0714. The Kier molecular flexibility index (Phi) is 7.50. The van der Waals surface area contributed by atoms with Crippen LogP contribution in [0.1, 0.15) is 47.2 Å². The molecule has 57 heavy (non-hydrogen) atoms. The Hall–Kier alpha value is -6.96. The van der Waals surface area contributed by atoms with Crippen molar-refractivity contribution in [2.45, 2.75) is 24.7 Å². The third-order valence-corrected chi connectivity index (χ3v) is 12.7. The van der Waals surface area contributed by atoms with E-state index in [1.165, 1.54) is 93.9 Å². The zero-order chi connectivity index (χ0) is 38.1. The Morgan fingerprint density at radius 3 is 1.56 bits per heavy atom. The molecule has 9 aromatic carbocycles. The molecule has 0 unspecified atom stereocenters. The molecule has 0 saturated heterocycles. The zero-order valence-electron chi connectivity index (χ0n) is 32.2. The normalized spacial score (nSPS) is 13.2. The molecular formula is C56H41N. The Labute approximate surface area is 334 Å². The summed E-state index contributed by atoms with van der Waals surface area (Å²) < 4.78 is 2.44. The van der Waals surface area contributed by atoms with Gasteiger partial charge in [-0.2, -0.15) is 0 Å². The van der Waals surface area contributed by atoms with Gasteiger partial charge in [0, 0.05) is 21.6 Å². The predicted octanol–water partition coefficient (Wildman–Crippen LogP) is 14.3. The van der Waals surface area contributed by atoms with E-state index in [9.17, 15) is 0 Å². The largest absolute Gasteiger partial charge is 0.309 e. The molecule has 0 bridgehead atoms. The topological polar surface area (TPSA) is 4.93 Å². The van der Waals surface area contributed by atoms with Crippen molar-refractivity contribution in [3.8, 4) is 27.9 Å². The van der Waals surface area contributed by atoms with Crippen LogP contribution in [0.25, 0.3) is 60.5 Å². The maximum Gasteiger partial charge on any atom is 0.0701 e. The maximum absolute atomic E-state index is 2.51. The Morgan fingerprint density at radius 1 is 0.368 bits per heavy atom. The van der Waals surface area contributed by atoms with Gasteiger partial charge in [0.15, 0.2) is 0 Å². The number of hydrogen-bond donors (Lipinski definition) is 0. The second-order valence-electron chi connectivity index (χ2n) is 16.1. The third-order valence-electron chi connectivity index (χ3n) is 12.7. The molecule has 0 spiro atoms. The molecule has 0 fully saturated rings. The van der Waals surface area contributed by atoms with E-state index in [0.717, 1.165) is 0 Å². The second kappa shape index (κ2) is 12.8. The smallest absolute Gasteiger partial charge is 0.0701 e. The van der Waals surface area contributed by atoms with E-state index < -0.39 is 5.41 Å². The van der Waals surface area contributed by atoms with E-state index in [0.29, 0.717) is 0 Å². The lowest BCUT2D eigenvalue weighted by atomic mass is 9.64. The standard InChI is InChI=1S/C56H41N/c1-55(2)50-36-40(39-30-34-54-49(35-39)48-26-14-15-27-53(48)57(54)52-28-16-18-38-17-12-13-25-45(38)52)29-32-46(50)47-33-31-44(37-51(47)55)56(41-19-6-3-7-20-41,42-21-8-4-9-22-42)43-23-10-5-11-24-43/h3-37H,1-2H3. The highest BCUT2D eigenvalue weighted by Crippen LogP contribution is 2.53. The molecule has 1 aromatic heterocycles. The highest BCUT2D eigenvalue weighted by atomic mass is 15.0. The van der Waals surface area contributed by atoms with Gasteiger partial charge in [-0.1, -0.05) is 196 Å². The third kappa shape index (κ3) is 4.95. The summed E-state index contributed by atoms with van der Waals surface area (Å²) in [5, 5.41) is 5.03. The highest BCUT2D eigenvalue weighted by molar-refractivity contribution is 6.11. The molecule has 1 heterocycles. The van der Waals surface area contributed by atoms with Gasteiger partial charge in [-0.05, 0) is 91.4 Å². The molecule has 1 aliphatic rings. The van der Waals surface area contributed by atoms with E-state index in [1.807, 2.05) is 0 Å². The number of para-hydroxylation sites is 1. The Bertz CT molecular complexity index is 3030. The summed E-state index contributed by atoms with van der Waals surface area (Å²) in [4.78, 5) is 0. The van der Waals surface area contributed by atoms with Crippen molar-refractivity contribution in [1.29, 1.82) is 0 Å². The van der Waals surface area contributed by atoms with Crippen molar-refractivity contribution in [3.05, 3.63) is 246 Å². The average Bonchev–Trinajstić information content (AvgIpc) is 3.72. The summed E-state index contributed by atoms with van der Waals surface area (Å²) in [6.07, 6.45) is 0. The van der Waals surface area contributed by atoms with Crippen molar-refractivity contribution in [2.24, 2.45) is 0 Å². The van der Waals surface area contributed by atoms with Crippen LogP contribution in [0.5, 0.6) is 0 Å². The van der Waals surface area contributed by atoms with Gasteiger partial charge in [0.25, 0.3) is 0 Å². The molecule has 0 radical (unpaired) electrons. The number of fused-ring (bicyclic) bond motifs is 7. The van der Waals surface area contributed by atoms with Gasteiger partial charge in [-0.3, -0.25) is 0 Å². The molecule has 10 aromatic rings. The Balaban J connectivity index is 1.05. The lowest BCUT2D eigenvalue weighted by molar-refractivity contribution is 0.655. The van der Waals surface area contributed by atoms with Crippen LogP contribution in [-0.4, -0.2) is 4.57 Å². The van der Waals surface area contributed by atoms with Gasteiger partial charge >= 0.3 is 0 Å². The van der Waals surface area contributed by atoms with Gasteiger partial charge in [-0.15, -0.1) is 0 Å². The fourth-order valence-corrected chi connectivity index (χ4v) is 10.0. The molecule has 1 aliphatic carbocycles. The molecule has 0 N–H and O–H groups in total. The van der Waals surface area contributed by atoms with Crippen molar-refractivity contribution < 1.29 is 0 Å². The summed E-state index contributed by atoms with van der Waals surface area (Å²) in [6.45, 7) is 4.81. The van der Waals surface area contributed by atoms with Crippen LogP contribution in [0, 0.1) is 0 Å². The van der Waals surface area contributed by atoms with Gasteiger partial charge in [0.05, 0.1) is 22.1 Å². The van der Waals surface area contributed by atoms with Crippen LogP contribution in [0.2, 0.25) is 0 Å². The molecule has 1 nitrogen and oxygen atoms in total. The van der Waals surface area contributed by atoms with Crippen LogP contribution in [-0.2, 0) is 10.8 Å². The summed E-state index contributed by atoms with van der Waals surface area (Å²) >= 11 is 0. The second-order valence-corrected chi connectivity index (χ2v) is 16.1. The van der Waals surface area contributed by atoms with Gasteiger partial charge in [-0.25, -0.2) is 0 Å². The average molecular weight is 728 g/mol. The fourth-order valence-electron chi connectivity index (χ4n) is 10.0. The van der Waals surface area contributed by atoms with Crippen LogP contribution in [0.4, 0.5) is 0 Å². The lowest BCUT2D eigenvalue weighted by Crippen LogP contribution is -2.31. The number of benzene rings is 9. The molecule has 11 rings (SSSR count). The molecule has 0 amide bonds. The van der Waals surface area contributed by atoms with E-state index in [1.54, 1.807) is 0 Å². The van der Waals surface area contributed by atoms with Crippen LogP contribution in [0.3, 0.4) is 0 Å². The van der Waals surface area contributed by atoms with E-state index in [2.05, 4.69) is 231 Å². The van der Waals surface area contributed by atoms with E-state index >= 15 is 0 Å². The first-order chi connectivity index (χ1) is 28.0. The van der Waals surface area contributed by atoms with Gasteiger partial charge in [0.2, 0.25) is 0 Å². The summed E-state index contributed by atoms with van der Waals surface area (Å²) in [5.74, 6) is 0. The predicted molar refractivity (Wildman–Crippen MR) is 240 cm³/mol. The number of aromatic nitrogens is 1. The first kappa shape index (κ1) is 33.4. The summed E-state index contributed by atoms with van der Waals surface area (Å²) in [6, 6.07) is 78.7. The maximum atomic E-state index is 2.51. The molecular weight excluding hydrogens is 687 g/mol. The lowest BCUT2D eigenvalue weighted by Gasteiger charge is -2.37. The minimum atomic E-state index is -0.491. The highest BCUT2D eigenvalue weighted by Gasteiger charge is 2.42. The van der Waals surface area contributed by atoms with Crippen LogP contribution in [0.15, 0.2) is 212 Å². The van der Waals surface area contributed by atoms with Crippen molar-refractivity contribution in [1.82, 2.24) is 4.57 Å². The molecule has 0 atom stereocenters. The summed E-state index contributed by atoms with van der Waals surface area (Å²) in [7, 11) is 0. The zero-order valence-corrected chi connectivity index (χ0v) is 32.2. The van der Waals surface area contributed by atoms with Gasteiger partial charge < -0.3 is 4.57 Å². The van der Waals surface area contributed by atoms with Crippen molar-refractivity contribution in [3.63, 3.8) is 0 Å². The number of hydrogen-bond acceptors (Lipinski definition) is 0. The number of rotatable bonds is 6. The molecule has 0 saturated carbocycles. The minimum Gasteiger partial charge on any atom is -0.309 e. The molecule has 1 heteroatoms. The van der Waals surface area contributed by atoms with Crippen LogP contribution < -0.4 is 0 Å². The monoisotopic (exact) mass is 727 g/mol. The minimum absolute atomic E-state index is 0.207. The van der Waals surface area contributed by atoms with Crippen molar-refractivity contribution >= 4 is 32.6 Å². The van der Waals surface area contributed by atoms with Gasteiger partial charge in [0.1, 0.15) is 0 Å². The Morgan fingerprint density at radius 2 is 0.877 bits per heavy atom. The quantitative estimate of drug-likeness (QED) is 0.150. The van der Waals surface area contributed by atoms with Crippen LogP contribution >= 0.6 is 0 Å². The molecule has 270 valence electrons. The first-order valence-electron chi connectivity index (χ1n) is 20.0. The SMILES string of the molecule is CC1(C)c2cc(-c3ccc4c(c3)c3ccccc3n4-c3cccc4ccccc34)ccc2-c2ccc(C(c3ccccc3)(c3ccccc3)c3ccccc3)cc21. The summed E-state index contributed by atoms with van der Waals surface area (Å²) in [5.41, 5.74) is 15.9. The first-order valence-corrected chi connectivity index (χ1v) is 20.0. The van der Waals surface area contributed by atoms with E-state index in [4.69, 9.17) is 0 Å². The number of nitrogens with zero attached hydrogens (tertiary/aromatic N) is 1.